The number of aromatic nitrogens is 1. The van der Waals surface area contributed by atoms with Gasteiger partial charge in [-0.15, -0.1) is 0 Å². The van der Waals surface area contributed by atoms with Crippen molar-refractivity contribution in [3.63, 3.8) is 0 Å². The molecule has 0 saturated heterocycles. The van der Waals surface area contributed by atoms with E-state index in [1.807, 2.05) is 12.3 Å². The molecule has 1 fully saturated rings. The Morgan fingerprint density at radius 2 is 2.12 bits per heavy atom. The second-order valence-corrected chi connectivity index (χ2v) is 4.69. The highest BCUT2D eigenvalue weighted by Crippen LogP contribution is 2.32. The van der Waals surface area contributed by atoms with Crippen LogP contribution < -0.4 is 5.32 Å². The fourth-order valence-corrected chi connectivity index (χ4v) is 2.63. The lowest BCUT2D eigenvalue weighted by molar-refractivity contribution is 0.347. The number of hydrogen-bond acceptors (Lipinski definition) is 3. The van der Waals surface area contributed by atoms with E-state index in [-0.39, 0.29) is 0 Å². The summed E-state index contributed by atoms with van der Waals surface area (Å²) in [6.45, 7) is 3.23. The zero-order valence-electron chi connectivity index (χ0n) is 10.3. The van der Waals surface area contributed by atoms with E-state index in [1.54, 1.807) is 0 Å². The molecule has 1 aromatic rings. The zero-order chi connectivity index (χ0) is 12.1. The van der Waals surface area contributed by atoms with Crippen molar-refractivity contribution in [3.8, 4) is 6.07 Å². The van der Waals surface area contributed by atoms with E-state index in [0.29, 0.717) is 17.7 Å². The average molecular weight is 229 g/mol. The van der Waals surface area contributed by atoms with Crippen LogP contribution in [-0.4, -0.2) is 17.6 Å². The predicted molar refractivity (Wildman–Crippen MR) is 67.6 cm³/mol. The first-order valence-corrected chi connectivity index (χ1v) is 6.43. The first-order chi connectivity index (χ1) is 8.33. The molecule has 0 amide bonds. The predicted octanol–water partition coefficient (Wildman–Crippen LogP) is 2.59. The number of nitriles is 1. The van der Waals surface area contributed by atoms with Gasteiger partial charge in [0, 0.05) is 12.2 Å². The molecule has 17 heavy (non-hydrogen) atoms. The van der Waals surface area contributed by atoms with Gasteiger partial charge < -0.3 is 5.32 Å². The fourth-order valence-electron chi connectivity index (χ4n) is 2.63. The topological polar surface area (TPSA) is 48.7 Å². The lowest BCUT2D eigenvalue weighted by Gasteiger charge is -2.29. The molecule has 2 rings (SSSR count). The van der Waals surface area contributed by atoms with Gasteiger partial charge in [0.25, 0.3) is 0 Å². The number of nitrogens with one attached hydrogen (secondary N) is 1. The van der Waals surface area contributed by atoms with Crippen LogP contribution in [0.2, 0.25) is 0 Å². The minimum absolute atomic E-state index is 0.509. The summed E-state index contributed by atoms with van der Waals surface area (Å²) in [6.07, 6.45) is 6.82. The third-order valence-corrected chi connectivity index (χ3v) is 3.59. The van der Waals surface area contributed by atoms with Crippen molar-refractivity contribution in [2.24, 2.45) is 0 Å². The molecular formula is C14H19N3. The van der Waals surface area contributed by atoms with Crippen molar-refractivity contribution >= 4 is 0 Å². The van der Waals surface area contributed by atoms with Crippen molar-refractivity contribution in [2.75, 3.05) is 6.54 Å². The van der Waals surface area contributed by atoms with E-state index in [1.165, 1.54) is 31.2 Å². The smallest absolute Gasteiger partial charge is 0.140 e. The first kappa shape index (κ1) is 12.1. The van der Waals surface area contributed by atoms with E-state index < -0.39 is 0 Å². The maximum Gasteiger partial charge on any atom is 0.140 e. The van der Waals surface area contributed by atoms with Gasteiger partial charge in [-0.05, 0) is 49.8 Å². The second kappa shape index (κ2) is 5.79. The number of hydrogen-bond donors (Lipinski definition) is 1. The quantitative estimate of drug-likeness (QED) is 0.866. The Kier molecular flexibility index (Phi) is 4.11. The Labute approximate surface area is 103 Å². The van der Waals surface area contributed by atoms with Crippen LogP contribution in [0.15, 0.2) is 18.3 Å². The Balaban J connectivity index is 1.94. The molecule has 0 aromatic carbocycles. The normalized spacial score (nSPS) is 24.2. The van der Waals surface area contributed by atoms with Crippen molar-refractivity contribution in [3.05, 3.63) is 29.6 Å². The highest BCUT2D eigenvalue weighted by Gasteiger charge is 2.21. The zero-order valence-corrected chi connectivity index (χ0v) is 10.3. The van der Waals surface area contributed by atoms with Crippen molar-refractivity contribution in [2.45, 2.75) is 44.6 Å². The van der Waals surface area contributed by atoms with Gasteiger partial charge in [-0.1, -0.05) is 13.0 Å². The molecular weight excluding hydrogens is 210 g/mol. The van der Waals surface area contributed by atoms with Crippen LogP contribution in [0.3, 0.4) is 0 Å². The van der Waals surface area contributed by atoms with Crippen LogP contribution >= 0.6 is 0 Å². The van der Waals surface area contributed by atoms with Crippen LogP contribution in [0.25, 0.3) is 0 Å². The van der Waals surface area contributed by atoms with E-state index in [2.05, 4.69) is 29.4 Å². The van der Waals surface area contributed by atoms with Crippen molar-refractivity contribution < 1.29 is 0 Å². The molecule has 1 N–H and O–H groups in total. The second-order valence-electron chi connectivity index (χ2n) is 4.69. The maximum absolute atomic E-state index is 8.71. The summed E-state index contributed by atoms with van der Waals surface area (Å²) in [4.78, 5) is 4.15. The summed E-state index contributed by atoms with van der Waals surface area (Å²) < 4.78 is 0. The molecule has 1 saturated carbocycles. The summed E-state index contributed by atoms with van der Waals surface area (Å²) in [5.41, 5.74) is 1.80. The van der Waals surface area contributed by atoms with Gasteiger partial charge in [-0.3, -0.25) is 0 Å². The van der Waals surface area contributed by atoms with Gasteiger partial charge in [0.2, 0.25) is 0 Å². The van der Waals surface area contributed by atoms with Crippen molar-refractivity contribution in [1.82, 2.24) is 10.3 Å². The Hall–Kier alpha value is -1.40. The SMILES string of the molecule is CCN[C@H]1CC[C@H](c2ccc(C#N)nc2)CC1. The Bertz CT molecular complexity index is 383. The standard InChI is InChI=1S/C14H19N3/c1-2-16-13-6-3-11(4-7-13)12-5-8-14(9-15)17-10-12/h5,8,10-11,13,16H,2-4,6-7H2,1H3/t11-,13-. The minimum Gasteiger partial charge on any atom is -0.314 e. The molecule has 90 valence electrons. The average Bonchev–Trinajstić information content (AvgIpc) is 2.40. The molecule has 0 radical (unpaired) electrons. The third-order valence-electron chi connectivity index (χ3n) is 3.59. The Morgan fingerprint density at radius 1 is 1.35 bits per heavy atom. The number of nitrogens with zero attached hydrogens (tertiary/aromatic N) is 2. The fraction of sp³-hybridized carbons (Fsp3) is 0.571. The molecule has 3 heteroatoms. The molecule has 1 aliphatic rings. The van der Waals surface area contributed by atoms with E-state index in [0.717, 1.165) is 6.54 Å². The number of pyridine rings is 1. The van der Waals surface area contributed by atoms with Crippen LogP contribution in [0.5, 0.6) is 0 Å². The molecule has 1 heterocycles. The molecule has 3 nitrogen and oxygen atoms in total. The van der Waals surface area contributed by atoms with Gasteiger partial charge in [-0.2, -0.15) is 5.26 Å². The molecule has 1 aromatic heterocycles. The number of rotatable bonds is 3. The summed E-state index contributed by atoms with van der Waals surface area (Å²) in [6, 6.07) is 6.64. The molecule has 0 atom stereocenters. The van der Waals surface area contributed by atoms with Crippen molar-refractivity contribution in [1.29, 1.82) is 5.26 Å². The lowest BCUT2D eigenvalue weighted by Crippen LogP contribution is -2.32. The maximum atomic E-state index is 8.71. The lowest BCUT2D eigenvalue weighted by atomic mass is 9.82. The molecule has 0 aliphatic heterocycles. The monoisotopic (exact) mass is 229 g/mol. The van der Waals surface area contributed by atoms with Gasteiger partial charge in [-0.25, -0.2) is 4.98 Å². The van der Waals surface area contributed by atoms with Gasteiger partial charge in [0.1, 0.15) is 11.8 Å². The van der Waals surface area contributed by atoms with Crippen LogP contribution in [0.4, 0.5) is 0 Å². The third kappa shape index (κ3) is 3.04. The van der Waals surface area contributed by atoms with Gasteiger partial charge >= 0.3 is 0 Å². The first-order valence-electron chi connectivity index (χ1n) is 6.43. The van der Waals surface area contributed by atoms with Crippen LogP contribution in [0, 0.1) is 11.3 Å². The Morgan fingerprint density at radius 3 is 2.65 bits per heavy atom. The summed E-state index contributed by atoms with van der Waals surface area (Å²) in [5, 5.41) is 12.2. The summed E-state index contributed by atoms with van der Waals surface area (Å²) in [5.74, 6) is 0.630. The highest BCUT2D eigenvalue weighted by molar-refractivity contribution is 5.25. The molecule has 0 unspecified atom stereocenters. The van der Waals surface area contributed by atoms with E-state index in [4.69, 9.17) is 5.26 Å². The van der Waals surface area contributed by atoms with Gasteiger partial charge in [0.15, 0.2) is 0 Å². The van der Waals surface area contributed by atoms with E-state index >= 15 is 0 Å². The largest absolute Gasteiger partial charge is 0.314 e. The summed E-state index contributed by atoms with van der Waals surface area (Å²) >= 11 is 0. The van der Waals surface area contributed by atoms with Gasteiger partial charge in [0.05, 0.1) is 0 Å². The summed E-state index contributed by atoms with van der Waals surface area (Å²) in [7, 11) is 0. The molecule has 0 spiro atoms. The van der Waals surface area contributed by atoms with Crippen LogP contribution in [0.1, 0.15) is 49.8 Å². The van der Waals surface area contributed by atoms with Crippen LogP contribution in [-0.2, 0) is 0 Å². The highest BCUT2D eigenvalue weighted by atomic mass is 14.9. The molecule has 0 bridgehead atoms. The van der Waals surface area contributed by atoms with E-state index in [9.17, 15) is 0 Å². The minimum atomic E-state index is 0.509. The molecule has 1 aliphatic carbocycles.